The van der Waals surface area contributed by atoms with Gasteiger partial charge in [-0.2, -0.15) is 0 Å². The first-order valence-corrected chi connectivity index (χ1v) is 6.36. The summed E-state index contributed by atoms with van der Waals surface area (Å²) in [6.07, 6.45) is 4.90. The molecule has 1 N–H and O–H groups in total. The summed E-state index contributed by atoms with van der Waals surface area (Å²) in [4.78, 5) is 21.7. The van der Waals surface area contributed by atoms with Gasteiger partial charge < -0.3 is 10.0 Å². The summed E-state index contributed by atoms with van der Waals surface area (Å²) in [5, 5.41) is 8.98. The number of carboxylic acids is 1. The summed E-state index contributed by atoms with van der Waals surface area (Å²) >= 11 is 0. The number of aromatic nitrogens is 2. The van der Waals surface area contributed by atoms with E-state index in [0.29, 0.717) is 23.7 Å². The number of aryl methyl sites for hydroxylation is 1. The molecule has 2 unspecified atom stereocenters. The first kappa shape index (κ1) is 12.8. The van der Waals surface area contributed by atoms with Crippen molar-refractivity contribution in [2.24, 2.45) is 0 Å². The van der Waals surface area contributed by atoms with Gasteiger partial charge in [0.15, 0.2) is 0 Å². The van der Waals surface area contributed by atoms with E-state index in [4.69, 9.17) is 5.11 Å². The second kappa shape index (κ2) is 4.92. The van der Waals surface area contributed by atoms with Gasteiger partial charge in [-0.15, -0.1) is 0 Å². The molecule has 0 aliphatic carbocycles. The van der Waals surface area contributed by atoms with Crippen LogP contribution in [0.15, 0.2) is 6.20 Å². The van der Waals surface area contributed by atoms with Crippen LogP contribution in [0.2, 0.25) is 0 Å². The van der Waals surface area contributed by atoms with Gasteiger partial charge in [0.25, 0.3) is 0 Å². The van der Waals surface area contributed by atoms with Crippen LogP contribution in [0, 0.1) is 6.92 Å². The molecule has 0 bridgehead atoms. The Morgan fingerprint density at radius 2 is 2.00 bits per heavy atom. The number of piperidine rings is 1. The lowest BCUT2D eigenvalue weighted by Crippen LogP contribution is -2.44. The summed E-state index contributed by atoms with van der Waals surface area (Å²) in [5.74, 6) is -0.323. The lowest BCUT2D eigenvalue weighted by Gasteiger charge is -2.39. The maximum absolute atomic E-state index is 10.9. The smallest absolute Gasteiger partial charge is 0.339 e. The molecule has 18 heavy (non-hydrogen) atoms. The van der Waals surface area contributed by atoms with Crippen LogP contribution in [0.25, 0.3) is 0 Å². The zero-order chi connectivity index (χ0) is 13.3. The summed E-state index contributed by atoms with van der Waals surface area (Å²) < 4.78 is 0. The average Bonchev–Trinajstić information content (AvgIpc) is 2.28. The van der Waals surface area contributed by atoms with Crippen molar-refractivity contribution in [2.75, 3.05) is 4.90 Å². The van der Waals surface area contributed by atoms with Crippen molar-refractivity contribution in [1.29, 1.82) is 0 Å². The molecule has 1 aliphatic rings. The van der Waals surface area contributed by atoms with Gasteiger partial charge in [-0.25, -0.2) is 14.8 Å². The fourth-order valence-corrected chi connectivity index (χ4v) is 2.60. The fraction of sp³-hybridized carbons (Fsp3) is 0.615. The van der Waals surface area contributed by atoms with Gasteiger partial charge >= 0.3 is 5.97 Å². The number of rotatable bonds is 2. The number of hydrogen-bond donors (Lipinski definition) is 1. The van der Waals surface area contributed by atoms with Crippen LogP contribution < -0.4 is 4.90 Å². The molecular formula is C13H19N3O2. The van der Waals surface area contributed by atoms with E-state index in [9.17, 15) is 4.79 Å². The number of anilines is 1. The van der Waals surface area contributed by atoms with Crippen molar-refractivity contribution in [2.45, 2.75) is 52.1 Å². The minimum absolute atomic E-state index is 0.177. The van der Waals surface area contributed by atoms with Crippen LogP contribution in [0.4, 0.5) is 5.95 Å². The Labute approximate surface area is 107 Å². The fourth-order valence-electron chi connectivity index (χ4n) is 2.60. The van der Waals surface area contributed by atoms with Crippen molar-refractivity contribution in [1.82, 2.24) is 9.97 Å². The van der Waals surface area contributed by atoms with E-state index >= 15 is 0 Å². The molecule has 1 fully saturated rings. The highest BCUT2D eigenvalue weighted by molar-refractivity contribution is 5.88. The number of aromatic carboxylic acids is 1. The van der Waals surface area contributed by atoms with Gasteiger partial charge in [-0.3, -0.25) is 0 Å². The van der Waals surface area contributed by atoms with Gasteiger partial charge in [0.1, 0.15) is 0 Å². The maximum atomic E-state index is 10.9. The second-order valence-electron chi connectivity index (χ2n) is 5.01. The third kappa shape index (κ3) is 2.30. The maximum Gasteiger partial charge on any atom is 0.339 e. The normalized spacial score (nSPS) is 24.1. The highest BCUT2D eigenvalue weighted by atomic mass is 16.4. The van der Waals surface area contributed by atoms with E-state index in [-0.39, 0.29) is 5.56 Å². The molecule has 1 saturated heterocycles. The van der Waals surface area contributed by atoms with Crippen LogP contribution in [-0.2, 0) is 0 Å². The molecule has 2 heterocycles. The molecule has 0 aromatic carbocycles. The standard InChI is InChI=1S/C13H19N3O2/c1-8-5-4-6-9(2)16(8)13-14-7-11(12(17)18)10(3)15-13/h7-9H,4-6H2,1-3H3,(H,17,18). The van der Waals surface area contributed by atoms with Gasteiger partial charge in [-0.05, 0) is 40.0 Å². The Balaban J connectivity index is 2.33. The molecule has 0 spiro atoms. The number of hydrogen-bond acceptors (Lipinski definition) is 4. The molecule has 2 atom stereocenters. The summed E-state index contributed by atoms with van der Waals surface area (Å²) in [6, 6.07) is 0.813. The molecule has 1 aliphatic heterocycles. The van der Waals surface area contributed by atoms with E-state index in [1.54, 1.807) is 6.92 Å². The number of carbonyl (C=O) groups is 1. The molecule has 0 radical (unpaired) electrons. The average molecular weight is 249 g/mol. The number of carboxylic acid groups (broad SMARTS) is 1. The van der Waals surface area contributed by atoms with Crippen molar-refractivity contribution in [3.63, 3.8) is 0 Å². The van der Waals surface area contributed by atoms with Crippen molar-refractivity contribution in [3.05, 3.63) is 17.5 Å². The van der Waals surface area contributed by atoms with Crippen molar-refractivity contribution >= 4 is 11.9 Å². The second-order valence-corrected chi connectivity index (χ2v) is 5.01. The van der Waals surface area contributed by atoms with Crippen molar-refractivity contribution < 1.29 is 9.90 Å². The summed E-state index contributed by atoms with van der Waals surface area (Å²) in [5.41, 5.74) is 0.702. The van der Waals surface area contributed by atoms with Gasteiger partial charge in [0.2, 0.25) is 5.95 Å². The minimum atomic E-state index is -0.973. The van der Waals surface area contributed by atoms with E-state index in [0.717, 1.165) is 12.8 Å². The lowest BCUT2D eigenvalue weighted by atomic mass is 9.98. The highest BCUT2D eigenvalue weighted by Gasteiger charge is 2.27. The first-order chi connectivity index (χ1) is 8.50. The minimum Gasteiger partial charge on any atom is -0.478 e. The molecule has 2 rings (SSSR count). The zero-order valence-electron chi connectivity index (χ0n) is 11.1. The molecule has 0 amide bonds. The SMILES string of the molecule is Cc1nc(N2C(C)CCCC2C)ncc1C(=O)O. The Kier molecular flexibility index (Phi) is 3.50. The van der Waals surface area contributed by atoms with Gasteiger partial charge in [0.05, 0.1) is 11.3 Å². The quantitative estimate of drug-likeness (QED) is 0.870. The predicted octanol–water partition coefficient (Wildman–Crippen LogP) is 2.25. The Hall–Kier alpha value is -1.65. The van der Waals surface area contributed by atoms with Crippen LogP contribution in [-0.4, -0.2) is 33.1 Å². The molecule has 1 aromatic rings. The van der Waals surface area contributed by atoms with E-state index in [1.165, 1.54) is 12.6 Å². The Morgan fingerprint density at radius 3 is 2.50 bits per heavy atom. The lowest BCUT2D eigenvalue weighted by molar-refractivity contribution is 0.0695. The molecule has 5 nitrogen and oxygen atoms in total. The largest absolute Gasteiger partial charge is 0.478 e. The zero-order valence-corrected chi connectivity index (χ0v) is 11.1. The van der Waals surface area contributed by atoms with Gasteiger partial charge in [0, 0.05) is 18.3 Å². The summed E-state index contributed by atoms with van der Waals surface area (Å²) in [6.45, 7) is 6.05. The van der Waals surface area contributed by atoms with Crippen LogP contribution in [0.5, 0.6) is 0 Å². The molecule has 1 aromatic heterocycles. The van der Waals surface area contributed by atoms with Crippen LogP contribution >= 0.6 is 0 Å². The monoisotopic (exact) mass is 249 g/mol. The Bertz CT molecular complexity index is 452. The molecule has 5 heteroatoms. The van der Waals surface area contributed by atoms with E-state index in [1.807, 2.05) is 0 Å². The summed E-state index contributed by atoms with van der Waals surface area (Å²) in [7, 11) is 0. The number of nitrogens with zero attached hydrogens (tertiary/aromatic N) is 3. The van der Waals surface area contributed by atoms with Crippen molar-refractivity contribution in [3.8, 4) is 0 Å². The highest BCUT2D eigenvalue weighted by Crippen LogP contribution is 2.26. The van der Waals surface area contributed by atoms with Crippen LogP contribution in [0.3, 0.4) is 0 Å². The first-order valence-electron chi connectivity index (χ1n) is 6.36. The molecule has 98 valence electrons. The van der Waals surface area contributed by atoms with E-state index < -0.39 is 5.97 Å². The topological polar surface area (TPSA) is 66.3 Å². The van der Waals surface area contributed by atoms with E-state index in [2.05, 4.69) is 28.7 Å². The van der Waals surface area contributed by atoms with Gasteiger partial charge in [-0.1, -0.05) is 0 Å². The molecular weight excluding hydrogens is 230 g/mol. The Morgan fingerprint density at radius 1 is 1.39 bits per heavy atom. The molecule has 0 saturated carbocycles. The predicted molar refractivity (Wildman–Crippen MR) is 69.0 cm³/mol. The third-order valence-electron chi connectivity index (χ3n) is 3.62. The van der Waals surface area contributed by atoms with Crippen LogP contribution in [0.1, 0.15) is 49.2 Å². The third-order valence-corrected chi connectivity index (χ3v) is 3.62.